The molecule has 0 aromatic heterocycles. The molecule has 88 valence electrons. The van der Waals surface area contributed by atoms with Gasteiger partial charge in [0.15, 0.2) is 0 Å². The van der Waals surface area contributed by atoms with Crippen molar-refractivity contribution in [1.29, 1.82) is 0 Å². The summed E-state index contributed by atoms with van der Waals surface area (Å²) in [6, 6.07) is -0.375. The van der Waals surface area contributed by atoms with E-state index in [4.69, 9.17) is 5.73 Å². The van der Waals surface area contributed by atoms with E-state index in [0.717, 1.165) is 18.9 Å². The maximum absolute atomic E-state index is 11.2. The molecule has 0 radical (unpaired) electrons. The van der Waals surface area contributed by atoms with Crippen molar-refractivity contribution in [1.82, 2.24) is 5.32 Å². The molecular weight excluding hydrogens is 188 g/mol. The van der Waals surface area contributed by atoms with Crippen molar-refractivity contribution >= 4 is 5.91 Å². The summed E-state index contributed by atoms with van der Waals surface area (Å²) in [5, 5.41) is 2.86. The normalized spacial score (nSPS) is 19.9. The largest absolute Gasteiger partial charge is 0.355 e. The van der Waals surface area contributed by atoms with Gasteiger partial charge < -0.3 is 11.1 Å². The van der Waals surface area contributed by atoms with Crippen LogP contribution in [-0.2, 0) is 4.79 Å². The average molecular weight is 212 g/mol. The molecule has 1 amide bonds. The second-order valence-corrected chi connectivity index (χ2v) is 4.73. The topological polar surface area (TPSA) is 55.1 Å². The number of rotatable bonds is 5. The highest BCUT2D eigenvalue weighted by Crippen LogP contribution is 2.26. The molecule has 15 heavy (non-hydrogen) atoms. The average Bonchev–Trinajstić information content (AvgIpc) is 2.25. The van der Waals surface area contributed by atoms with Crippen molar-refractivity contribution in [3.05, 3.63) is 0 Å². The lowest BCUT2D eigenvalue weighted by molar-refractivity contribution is -0.121. The number of hydrogen-bond acceptors (Lipinski definition) is 2. The molecule has 3 heteroatoms. The van der Waals surface area contributed by atoms with Gasteiger partial charge in [0, 0.05) is 6.54 Å². The van der Waals surface area contributed by atoms with Crippen LogP contribution in [0.2, 0.25) is 0 Å². The van der Waals surface area contributed by atoms with Gasteiger partial charge in [-0.1, -0.05) is 32.1 Å². The number of carbonyl (C=O) groups is 1. The van der Waals surface area contributed by atoms with Crippen molar-refractivity contribution in [2.45, 2.75) is 57.9 Å². The molecule has 3 N–H and O–H groups in total. The van der Waals surface area contributed by atoms with Gasteiger partial charge in [0.2, 0.25) is 5.91 Å². The smallest absolute Gasteiger partial charge is 0.236 e. The van der Waals surface area contributed by atoms with Crippen molar-refractivity contribution in [2.75, 3.05) is 6.54 Å². The maximum Gasteiger partial charge on any atom is 0.236 e. The minimum absolute atomic E-state index is 0.0290. The third kappa shape index (κ3) is 5.17. The second-order valence-electron chi connectivity index (χ2n) is 4.73. The standard InChI is InChI=1S/C12H24N2O/c1-10(13)12(15)14-9-5-8-11-6-3-2-4-7-11/h10-11H,2-9,13H2,1H3,(H,14,15). The van der Waals surface area contributed by atoms with Gasteiger partial charge in [-0.15, -0.1) is 0 Å². The minimum atomic E-state index is -0.375. The molecule has 0 aromatic carbocycles. The summed E-state index contributed by atoms with van der Waals surface area (Å²) in [4.78, 5) is 11.2. The van der Waals surface area contributed by atoms with E-state index in [1.54, 1.807) is 6.92 Å². The van der Waals surface area contributed by atoms with Crippen LogP contribution in [0.25, 0.3) is 0 Å². The van der Waals surface area contributed by atoms with Crippen LogP contribution in [0, 0.1) is 5.92 Å². The van der Waals surface area contributed by atoms with Gasteiger partial charge in [0.1, 0.15) is 0 Å². The molecule has 1 saturated carbocycles. The molecule has 0 aliphatic heterocycles. The van der Waals surface area contributed by atoms with Crippen molar-refractivity contribution in [2.24, 2.45) is 11.7 Å². The zero-order chi connectivity index (χ0) is 11.1. The van der Waals surface area contributed by atoms with Gasteiger partial charge in [-0.3, -0.25) is 4.79 Å². The summed E-state index contributed by atoms with van der Waals surface area (Å²) < 4.78 is 0. The predicted molar refractivity (Wildman–Crippen MR) is 62.5 cm³/mol. The van der Waals surface area contributed by atoms with E-state index >= 15 is 0 Å². The van der Waals surface area contributed by atoms with Gasteiger partial charge in [-0.2, -0.15) is 0 Å². The van der Waals surface area contributed by atoms with Crippen molar-refractivity contribution in [3.63, 3.8) is 0 Å². The van der Waals surface area contributed by atoms with E-state index in [1.807, 2.05) is 0 Å². The first-order chi connectivity index (χ1) is 7.20. The van der Waals surface area contributed by atoms with E-state index in [0.29, 0.717) is 0 Å². The highest BCUT2D eigenvalue weighted by Gasteiger charge is 2.13. The first kappa shape index (κ1) is 12.5. The molecule has 0 heterocycles. The molecule has 0 spiro atoms. The molecule has 1 aliphatic carbocycles. The summed E-state index contributed by atoms with van der Waals surface area (Å²) in [7, 11) is 0. The summed E-state index contributed by atoms with van der Waals surface area (Å²) >= 11 is 0. The molecule has 3 nitrogen and oxygen atoms in total. The Morgan fingerprint density at radius 3 is 2.67 bits per heavy atom. The first-order valence-corrected chi connectivity index (χ1v) is 6.23. The first-order valence-electron chi connectivity index (χ1n) is 6.23. The second kappa shape index (κ2) is 6.83. The lowest BCUT2D eigenvalue weighted by atomic mass is 9.86. The Bertz CT molecular complexity index is 186. The molecule has 1 unspecified atom stereocenters. The van der Waals surface area contributed by atoms with Crippen LogP contribution in [0.4, 0.5) is 0 Å². The van der Waals surface area contributed by atoms with Crippen LogP contribution in [-0.4, -0.2) is 18.5 Å². The highest BCUT2D eigenvalue weighted by molar-refractivity contribution is 5.80. The summed E-state index contributed by atoms with van der Waals surface area (Å²) in [6.07, 6.45) is 9.36. The minimum Gasteiger partial charge on any atom is -0.355 e. The van der Waals surface area contributed by atoms with E-state index in [2.05, 4.69) is 5.32 Å². The van der Waals surface area contributed by atoms with E-state index in [1.165, 1.54) is 38.5 Å². The highest BCUT2D eigenvalue weighted by atomic mass is 16.2. The van der Waals surface area contributed by atoms with Crippen molar-refractivity contribution in [3.8, 4) is 0 Å². The van der Waals surface area contributed by atoms with Gasteiger partial charge in [0.05, 0.1) is 6.04 Å². The van der Waals surface area contributed by atoms with Crippen LogP contribution in [0.1, 0.15) is 51.9 Å². The third-order valence-corrected chi connectivity index (χ3v) is 3.23. The zero-order valence-corrected chi connectivity index (χ0v) is 9.80. The number of amides is 1. The SMILES string of the molecule is CC(N)C(=O)NCCCC1CCCCC1. The molecule has 1 aliphatic rings. The molecule has 1 fully saturated rings. The molecule has 0 aromatic rings. The lowest BCUT2D eigenvalue weighted by Gasteiger charge is -2.21. The lowest BCUT2D eigenvalue weighted by Crippen LogP contribution is -2.38. The summed E-state index contributed by atoms with van der Waals surface area (Å²) in [5.74, 6) is 0.879. The molecule has 1 atom stereocenters. The predicted octanol–water partition coefficient (Wildman–Crippen LogP) is 1.81. The summed E-state index contributed by atoms with van der Waals surface area (Å²) in [5.41, 5.74) is 5.45. The van der Waals surface area contributed by atoms with E-state index < -0.39 is 0 Å². The maximum atomic E-state index is 11.2. The van der Waals surface area contributed by atoms with Crippen LogP contribution < -0.4 is 11.1 Å². The van der Waals surface area contributed by atoms with Gasteiger partial charge in [0.25, 0.3) is 0 Å². The Balaban J connectivity index is 1.98. The monoisotopic (exact) mass is 212 g/mol. The fourth-order valence-corrected chi connectivity index (χ4v) is 2.24. The van der Waals surface area contributed by atoms with Gasteiger partial charge in [-0.05, 0) is 25.7 Å². The Hall–Kier alpha value is -0.570. The zero-order valence-electron chi connectivity index (χ0n) is 9.80. The molecule has 0 bridgehead atoms. The quantitative estimate of drug-likeness (QED) is 0.683. The summed E-state index contributed by atoms with van der Waals surface area (Å²) in [6.45, 7) is 2.51. The Morgan fingerprint density at radius 2 is 2.07 bits per heavy atom. The molecular formula is C12H24N2O. The third-order valence-electron chi connectivity index (χ3n) is 3.23. The Labute approximate surface area is 92.8 Å². The number of hydrogen-bond donors (Lipinski definition) is 2. The number of nitrogens with two attached hydrogens (primary N) is 1. The Morgan fingerprint density at radius 1 is 1.40 bits per heavy atom. The fourth-order valence-electron chi connectivity index (χ4n) is 2.24. The van der Waals surface area contributed by atoms with E-state index in [-0.39, 0.29) is 11.9 Å². The molecule has 0 saturated heterocycles. The fraction of sp³-hybridized carbons (Fsp3) is 0.917. The van der Waals surface area contributed by atoms with Gasteiger partial charge >= 0.3 is 0 Å². The number of nitrogens with one attached hydrogen (secondary N) is 1. The van der Waals surface area contributed by atoms with Crippen LogP contribution in [0.5, 0.6) is 0 Å². The van der Waals surface area contributed by atoms with E-state index in [9.17, 15) is 4.79 Å². The van der Waals surface area contributed by atoms with Crippen LogP contribution in [0.3, 0.4) is 0 Å². The van der Waals surface area contributed by atoms with Crippen molar-refractivity contribution < 1.29 is 4.79 Å². The Kier molecular flexibility index (Phi) is 5.69. The van der Waals surface area contributed by atoms with Crippen LogP contribution >= 0.6 is 0 Å². The van der Waals surface area contributed by atoms with Crippen LogP contribution in [0.15, 0.2) is 0 Å². The van der Waals surface area contributed by atoms with Gasteiger partial charge in [-0.25, -0.2) is 0 Å². The molecule has 1 rings (SSSR count). The number of carbonyl (C=O) groups excluding carboxylic acids is 1.